The normalized spacial score (nSPS) is 17.1. The van der Waals surface area contributed by atoms with Crippen LogP contribution in [0.4, 0.5) is 5.69 Å². The van der Waals surface area contributed by atoms with E-state index in [1.807, 2.05) is 11.9 Å². The molecule has 40 heavy (non-hydrogen) atoms. The van der Waals surface area contributed by atoms with Crippen LogP contribution < -0.4 is 0 Å². The van der Waals surface area contributed by atoms with Crippen molar-refractivity contribution >= 4 is 33.2 Å². The fraction of sp³-hybridized carbons (Fsp3) is 0.286. The number of aliphatic imine (C=N–C) groups is 1. The van der Waals surface area contributed by atoms with Gasteiger partial charge in [0, 0.05) is 50.1 Å². The summed E-state index contributed by atoms with van der Waals surface area (Å²) in [6, 6.07) is 11.0. The minimum Gasteiger partial charge on any atom is -0.494 e. The van der Waals surface area contributed by atoms with Gasteiger partial charge in [-0.15, -0.1) is 0 Å². The van der Waals surface area contributed by atoms with Gasteiger partial charge in [-0.05, 0) is 62.4 Å². The number of aromatic amines is 1. The van der Waals surface area contributed by atoms with Crippen LogP contribution in [-0.4, -0.2) is 78.1 Å². The first kappa shape index (κ1) is 28.7. The average molecular weight is 566 g/mol. The lowest BCUT2D eigenvalue weighted by Crippen LogP contribution is -2.48. The van der Waals surface area contributed by atoms with Crippen LogP contribution in [0.3, 0.4) is 0 Å². The highest BCUT2D eigenvalue weighted by Crippen LogP contribution is 2.30. The highest BCUT2D eigenvalue weighted by atomic mass is 32.2. The SMILES string of the molecule is CC1=N/C(=C\c2ccc(S(=O)(=O)Cc3ccc([N+](=O)[O-])cc3)ccc[nH]c2O)C(C)=C1C(=O)N1CCN(C)CC1. The topological polar surface area (TPSA) is 149 Å². The van der Waals surface area contributed by atoms with Crippen LogP contribution in [0, 0.1) is 10.1 Å². The van der Waals surface area contributed by atoms with Crippen molar-refractivity contribution in [3.05, 3.63) is 92.8 Å². The Hall–Kier alpha value is -4.29. The highest BCUT2D eigenvalue weighted by molar-refractivity contribution is 7.90. The van der Waals surface area contributed by atoms with Crippen molar-refractivity contribution in [3.63, 3.8) is 0 Å². The van der Waals surface area contributed by atoms with Gasteiger partial charge in [0.15, 0.2) is 15.7 Å². The van der Waals surface area contributed by atoms with Gasteiger partial charge >= 0.3 is 0 Å². The molecule has 1 fully saturated rings. The van der Waals surface area contributed by atoms with Gasteiger partial charge in [-0.1, -0.05) is 12.1 Å². The molecule has 210 valence electrons. The van der Waals surface area contributed by atoms with Crippen LogP contribution >= 0.6 is 0 Å². The van der Waals surface area contributed by atoms with Gasteiger partial charge in [0.1, 0.15) is 0 Å². The first-order valence-electron chi connectivity index (χ1n) is 12.6. The largest absolute Gasteiger partial charge is 0.494 e. The van der Waals surface area contributed by atoms with Crippen molar-refractivity contribution in [3.8, 4) is 5.88 Å². The number of benzene rings is 1. The molecule has 2 aromatic rings. The monoisotopic (exact) mass is 565 g/mol. The zero-order chi connectivity index (χ0) is 29.0. The number of rotatable bonds is 6. The van der Waals surface area contributed by atoms with Crippen molar-refractivity contribution in [2.45, 2.75) is 24.5 Å². The van der Waals surface area contributed by atoms with E-state index in [2.05, 4.69) is 14.9 Å². The Kier molecular flexibility index (Phi) is 8.50. The van der Waals surface area contributed by atoms with Gasteiger partial charge in [0.05, 0.1) is 32.6 Å². The number of aromatic nitrogens is 1. The second-order valence-corrected chi connectivity index (χ2v) is 11.7. The van der Waals surface area contributed by atoms with E-state index < -0.39 is 14.8 Å². The molecule has 0 atom stereocenters. The number of H-pyrrole nitrogens is 1. The Morgan fingerprint density at radius 1 is 1.10 bits per heavy atom. The number of piperazine rings is 1. The number of carbonyl (C=O) groups is 1. The number of carbonyl (C=O) groups excluding carboxylic acids is 1. The molecule has 4 rings (SSSR count). The maximum absolute atomic E-state index is 13.3. The summed E-state index contributed by atoms with van der Waals surface area (Å²) < 4.78 is 26.4. The van der Waals surface area contributed by atoms with Crippen molar-refractivity contribution in [2.24, 2.45) is 4.99 Å². The van der Waals surface area contributed by atoms with E-state index in [-0.39, 0.29) is 33.7 Å². The van der Waals surface area contributed by atoms with E-state index in [4.69, 9.17) is 0 Å². The predicted molar refractivity (Wildman–Crippen MR) is 152 cm³/mol. The molecule has 11 nitrogen and oxygen atoms in total. The number of allylic oxidation sites excluding steroid dienone is 1. The number of nitro benzene ring substituents is 1. The quantitative estimate of drug-likeness (QED) is 0.401. The molecule has 1 amide bonds. The van der Waals surface area contributed by atoms with Crippen molar-refractivity contribution in [2.75, 3.05) is 33.2 Å². The van der Waals surface area contributed by atoms with E-state index in [0.29, 0.717) is 41.2 Å². The average Bonchev–Trinajstić information content (AvgIpc) is 3.23. The molecule has 2 aliphatic rings. The first-order valence-corrected chi connectivity index (χ1v) is 14.3. The Labute approximate surface area is 232 Å². The number of nitro groups is 1. The van der Waals surface area contributed by atoms with Gasteiger partial charge in [-0.3, -0.25) is 19.9 Å². The maximum Gasteiger partial charge on any atom is 0.269 e. The van der Waals surface area contributed by atoms with Gasteiger partial charge in [0.25, 0.3) is 11.6 Å². The van der Waals surface area contributed by atoms with Gasteiger partial charge in [0.2, 0.25) is 0 Å². The smallest absolute Gasteiger partial charge is 0.269 e. The highest BCUT2D eigenvalue weighted by Gasteiger charge is 2.29. The van der Waals surface area contributed by atoms with Gasteiger partial charge in [-0.2, -0.15) is 0 Å². The number of amides is 1. The van der Waals surface area contributed by atoms with Crippen LogP contribution in [0.1, 0.15) is 25.0 Å². The number of non-ortho nitro benzene ring substituents is 1. The lowest BCUT2D eigenvalue weighted by molar-refractivity contribution is -0.384. The molecule has 12 heteroatoms. The molecule has 3 heterocycles. The molecule has 0 bridgehead atoms. The lowest BCUT2D eigenvalue weighted by atomic mass is 10.0. The zero-order valence-corrected chi connectivity index (χ0v) is 23.3. The minimum atomic E-state index is -3.84. The van der Waals surface area contributed by atoms with Gasteiger partial charge in [-0.25, -0.2) is 8.42 Å². The first-order chi connectivity index (χ1) is 19.0. The fourth-order valence-corrected chi connectivity index (χ4v) is 5.85. The van der Waals surface area contributed by atoms with Crippen molar-refractivity contribution < 1.29 is 23.2 Å². The number of aromatic hydroxyl groups is 1. The number of sulfone groups is 1. The third-order valence-corrected chi connectivity index (χ3v) is 8.55. The van der Waals surface area contributed by atoms with E-state index in [1.54, 1.807) is 19.9 Å². The molecule has 0 radical (unpaired) electrons. The summed E-state index contributed by atoms with van der Waals surface area (Å²) in [4.78, 5) is 34.9. The molecular weight excluding hydrogens is 534 g/mol. The Morgan fingerprint density at radius 2 is 1.77 bits per heavy atom. The maximum atomic E-state index is 13.3. The second-order valence-electron chi connectivity index (χ2n) is 9.71. The number of nitrogens with one attached hydrogen (secondary N) is 1. The molecule has 0 unspecified atom stereocenters. The summed E-state index contributed by atoms with van der Waals surface area (Å²) in [5.41, 5.74) is 2.81. The predicted octanol–water partition coefficient (Wildman–Crippen LogP) is 3.63. The zero-order valence-electron chi connectivity index (χ0n) is 22.5. The third-order valence-electron chi connectivity index (χ3n) is 6.85. The van der Waals surface area contributed by atoms with Crippen LogP contribution in [0.5, 0.6) is 5.88 Å². The molecule has 1 aromatic heterocycles. The summed E-state index contributed by atoms with van der Waals surface area (Å²) in [6.07, 6.45) is 3.00. The molecule has 1 saturated heterocycles. The van der Waals surface area contributed by atoms with Crippen LogP contribution in [0.15, 0.2) is 81.5 Å². The minimum absolute atomic E-state index is 0.0150. The molecule has 0 spiro atoms. The van der Waals surface area contributed by atoms with Crippen LogP contribution in [0.25, 0.3) is 6.08 Å². The molecule has 0 saturated carbocycles. The Morgan fingerprint density at radius 3 is 2.42 bits per heavy atom. The molecule has 2 aliphatic heterocycles. The van der Waals surface area contributed by atoms with Crippen LogP contribution in [-0.2, 0) is 20.4 Å². The Bertz CT molecular complexity index is 1580. The fourth-order valence-electron chi connectivity index (χ4n) is 4.49. The third kappa shape index (κ3) is 6.46. The number of hydrogen-bond donors (Lipinski definition) is 2. The summed E-state index contributed by atoms with van der Waals surface area (Å²) in [5, 5.41) is 21.6. The second kappa shape index (κ2) is 11.8. The molecular formula is C28H31N5O6S. The molecule has 2 N–H and O–H groups in total. The van der Waals surface area contributed by atoms with E-state index in [1.165, 1.54) is 54.7 Å². The van der Waals surface area contributed by atoms with Crippen molar-refractivity contribution in [1.29, 1.82) is 0 Å². The standard InChI is InChI=1S/C28H31N5O6S/c1-19-25(30-20(2)26(19)28(35)32-15-13-31(3)14-16-32)17-22-8-11-24(5-4-12-29-27(22)34)40(38,39)18-21-6-9-23(10-7-21)33(36)37/h4-12,17,29,34H,13-16,18H2,1-3H3/b11-8?,12-4?,24-5?,25-17-,27-22?. The Balaban J connectivity index is 1.66. The summed E-state index contributed by atoms with van der Waals surface area (Å²) in [5.74, 6) is -0.665. The molecule has 0 aliphatic carbocycles. The summed E-state index contributed by atoms with van der Waals surface area (Å²) in [6.45, 7) is 6.43. The van der Waals surface area contributed by atoms with Crippen LogP contribution in [0.2, 0.25) is 0 Å². The molecule has 1 aromatic carbocycles. The summed E-state index contributed by atoms with van der Waals surface area (Å²) >= 11 is 0. The number of hydrogen-bond acceptors (Lipinski definition) is 8. The van der Waals surface area contributed by atoms with E-state index in [0.717, 1.165) is 13.1 Å². The van der Waals surface area contributed by atoms with E-state index >= 15 is 0 Å². The number of nitrogens with zero attached hydrogens (tertiary/aromatic N) is 4. The summed E-state index contributed by atoms with van der Waals surface area (Å²) in [7, 11) is -1.82. The van der Waals surface area contributed by atoms with E-state index in [9.17, 15) is 28.4 Å². The lowest BCUT2D eigenvalue weighted by Gasteiger charge is -2.32. The van der Waals surface area contributed by atoms with Crippen molar-refractivity contribution in [1.82, 2.24) is 14.8 Å². The number of likely N-dealkylation sites (N-methyl/N-ethyl adjacent to an activating group) is 1. The van der Waals surface area contributed by atoms with Gasteiger partial charge < -0.3 is 19.9 Å².